The third-order valence-electron chi connectivity index (χ3n) is 6.32. The summed E-state index contributed by atoms with van der Waals surface area (Å²) in [5.41, 5.74) is 1.19. The lowest BCUT2D eigenvalue weighted by molar-refractivity contribution is 0.0632. The number of nitrogens with one attached hydrogen (secondary N) is 1. The molecular weight excluding hydrogens is 338 g/mol. The van der Waals surface area contributed by atoms with E-state index in [4.69, 9.17) is 0 Å². The van der Waals surface area contributed by atoms with Crippen molar-refractivity contribution >= 4 is 10.9 Å². The fourth-order valence-electron chi connectivity index (χ4n) is 4.77. The summed E-state index contributed by atoms with van der Waals surface area (Å²) < 4.78 is 2.15. The van der Waals surface area contributed by atoms with Crippen molar-refractivity contribution in [3.63, 3.8) is 0 Å². The van der Waals surface area contributed by atoms with Gasteiger partial charge in [-0.15, -0.1) is 0 Å². The van der Waals surface area contributed by atoms with Crippen LogP contribution in [0.5, 0.6) is 0 Å². The van der Waals surface area contributed by atoms with Crippen molar-refractivity contribution in [1.29, 1.82) is 0 Å². The van der Waals surface area contributed by atoms with Crippen molar-refractivity contribution in [3.05, 3.63) is 36.5 Å². The van der Waals surface area contributed by atoms with Gasteiger partial charge < -0.3 is 25.0 Å². The van der Waals surface area contributed by atoms with Crippen molar-refractivity contribution < 1.29 is 10.2 Å². The minimum absolute atomic E-state index is 0.171. The average Bonchev–Trinajstić information content (AvgIpc) is 3.08. The monoisotopic (exact) mass is 371 g/mol. The standard InChI is InChI=1S/C22H33N3O2/c26-19(16-25-14-9-17-5-1-3-7-21(17)25)15-24-12-10-18(11-13-24)23-20-6-2-4-8-22(20)27/h1,3,5,7,9,14,18-20,22-23,26-27H,2,4,6,8,10-13,15-16H2/t19-,20+,22-/m1/s1. The van der Waals surface area contributed by atoms with Crippen molar-refractivity contribution in [3.8, 4) is 0 Å². The number of aliphatic hydroxyl groups is 2. The van der Waals surface area contributed by atoms with Crippen molar-refractivity contribution in [2.45, 2.75) is 69.4 Å². The quantitative estimate of drug-likeness (QED) is 0.730. The number of piperidine rings is 1. The number of benzene rings is 1. The topological polar surface area (TPSA) is 60.7 Å². The number of rotatable bonds is 6. The highest BCUT2D eigenvalue weighted by molar-refractivity contribution is 5.79. The molecular formula is C22H33N3O2. The first kappa shape index (κ1) is 18.9. The van der Waals surface area contributed by atoms with E-state index in [9.17, 15) is 10.2 Å². The molecule has 0 spiro atoms. The van der Waals surface area contributed by atoms with Crippen molar-refractivity contribution in [1.82, 2.24) is 14.8 Å². The summed E-state index contributed by atoms with van der Waals surface area (Å²) in [6, 6.07) is 11.2. The van der Waals surface area contributed by atoms with Crippen LogP contribution in [0.15, 0.2) is 36.5 Å². The Morgan fingerprint density at radius 1 is 1.00 bits per heavy atom. The lowest BCUT2D eigenvalue weighted by Gasteiger charge is -2.37. The summed E-state index contributed by atoms with van der Waals surface area (Å²) in [6.07, 6.45) is 8.17. The molecule has 3 N–H and O–H groups in total. The van der Waals surface area contributed by atoms with Gasteiger partial charge in [0, 0.05) is 36.9 Å². The highest BCUT2D eigenvalue weighted by Gasteiger charge is 2.27. The minimum atomic E-state index is -0.356. The Hall–Kier alpha value is -1.40. The number of hydrogen-bond acceptors (Lipinski definition) is 4. The van der Waals surface area contributed by atoms with Crippen LogP contribution in [0, 0.1) is 0 Å². The first-order valence-corrected chi connectivity index (χ1v) is 10.6. The molecule has 3 atom stereocenters. The Morgan fingerprint density at radius 2 is 1.78 bits per heavy atom. The zero-order chi connectivity index (χ0) is 18.6. The Balaban J connectivity index is 1.23. The number of hydrogen-bond donors (Lipinski definition) is 3. The molecule has 1 saturated heterocycles. The maximum Gasteiger partial charge on any atom is 0.0845 e. The van der Waals surface area contributed by atoms with Crippen LogP contribution >= 0.6 is 0 Å². The SMILES string of the molecule is O[C@H](CN1CCC(N[C@H]2CCCC[C@H]2O)CC1)Cn1ccc2ccccc21. The zero-order valence-electron chi connectivity index (χ0n) is 16.1. The molecule has 4 rings (SSSR count). The summed E-state index contributed by atoms with van der Waals surface area (Å²) in [5.74, 6) is 0. The number of nitrogens with zero attached hydrogens (tertiary/aromatic N) is 2. The van der Waals surface area contributed by atoms with Gasteiger partial charge in [0.05, 0.1) is 12.2 Å². The molecule has 148 valence electrons. The maximum absolute atomic E-state index is 10.6. The molecule has 2 fully saturated rings. The smallest absolute Gasteiger partial charge is 0.0845 e. The molecule has 0 unspecified atom stereocenters. The van der Waals surface area contributed by atoms with E-state index in [1.165, 1.54) is 17.3 Å². The molecule has 5 nitrogen and oxygen atoms in total. The van der Waals surface area contributed by atoms with E-state index >= 15 is 0 Å². The number of para-hydroxylation sites is 1. The normalized spacial score (nSPS) is 26.4. The molecule has 27 heavy (non-hydrogen) atoms. The van der Waals surface area contributed by atoms with Crippen molar-refractivity contribution in [2.75, 3.05) is 19.6 Å². The zero-order valence-corrected chi connectivity index (χ0v) is 16.1. The highest BCUT2D eigenvalue weighted by Crippen LogP contribution is 2.21. The maximum atomic E-state index is 10.6. The average molecular weight is 372 g/mol. The van der Waals surface area contributed by atoms with Crippen LogP contribution in [0.4, 0.5) is 0 Å². The van der Waals surface area contributed by atoms with E-state index in [1.54, 1.807) is 0 Å². The van der Waals surface area contributed by atoms with E-state index in [0.717, 1.165) is 51.7 Å². The van der Waals surface area contributed by atoms with Gasteiger partial charge in [-0.05, 0) is 56.3 Å². The Morgan fingerprint density at radius 3 is 2.59 bits per heavy atom. The molecule has 0 bridgehead atoms. The molecule has 2 aliphatic rings. The second-order valence-corrected chi connectivity index (χ2v) is 8.38. The van der Waals surface area contributed by atoms with Crippen LogP contribution in [0.1, 0.15) is 38.5 Å². The van der Waals surface area contributed by atoms with Crippen LogP contribution in [0.3, 0.4) is 0 Å². The highest BCUT2D eigenvalue weighted by atomic mass is 16.3. The van der Waals surface area contributed by atoms with E-state index in [-0.39, 0.29) is 18.2 Å². The number of β-amino-alcohol motifs (C(OH)–C–C–N with tert-alkyl or cyclic N) is 1. The summed E-state index contributed by atoms with van der Waals surface area (Å²) >= 11 is 0. The summed E-state index contributed by atoms with van der Waals surface area (Å²) in [4.78, 5) is 2.38. The van der Waals surface area contributed by atoms with Crippen LogP contribution in [0.2, 0.25) is 0 Å². The number of aromatic nitrogens is 1. The first-order valence-electron chi connectivity index (χ1n) is 10.6. The lowest BCUT2D eigenvalue weighted by atomic mass is 9.91. The van der Waals surface area contributed by atoms with E-state index in [0.29, 0.717) is 12.6 Å². The van der Waals surface area contributed by atoms with Gasteiger partial charge in [-0.25, -0.2) is 0 Å². The summed E-state index contributed by atoms with van der Waals surface area (Å²) in [6.45, 7) is 3.40. The predicted molar refractivity (Wildman–Crippen MR) is 109 cm³/mol. The third kappa shape index (κ3) is 4.72. The molecule has 1 aromatic carbocycles. The number of likely N-dealkylation sites (tertiary alicyclic amines) is 1. The van der Waals surface area contributed by atoms with Gasteiger partial charge in [-0.2, -0.15) is 0 Å². The molecule has 1 aliphatic carbocycles. The van der Waals surface area contributed by atoms with Crippen LogP contribution < -0.4 is 5.32 Å². The van der Waals surface area contributed by atoms with Gasteiger partial charge in [-0.3, -0.25) is 0 Å². The molecule has 2 aromatic rings. The predicted octanol–water partition coefficient (Wildman–Crippen LogP) is 2.36. The molecule has 5 heteroatoms. The fourth-order valence-corrected chi connectivity index (χ4v) is 4.77. The summed E-state index contributed by atoms with van der Waals surface area (Å²) in [5, 5.41) is 25.7. The Bertz CT molecular complexity index is 723. The lowest BCUT2D eigenvalue weighted by Crippen LogP contribution is -2.51. The second kappa shape index (κ2) is 8.74. The van der Waals surface area contributed by atoms with Crippen molar-refractivity contribution in [2.24, 2.45) is 0 Å². The number of fused-ring (bicyclic) bond motifs is 1. The Labute approximate surface area is 162 Å². The third-order valence-corrected chi connectivity index (χ3v) is 6.32. The Kier molecular flexibility index (Phi) is 6.13. The second-order valence-electron chi connectivity index (χ2n) is 8.38. The van der Waals surface area contributed by atoms with Gasteiger partial charge in [0.1, 0.15) is 0 Å². The largest absolute Gasteiger partial charge is 0.392 e. The van der Waals surface area contributed by atoms with Crippen LogP contribution in [0.25, 0.3) is 10.9 Å². The molecule has 0 amide bonds. The fraction of sp³-hybridized carbons (Fsp3) is 0.636. The molecule has 1 aliphatic heterocycles. The van der Waals surface area contributed by atoms with Gasteiger partial charge in [0.25, 0.3) is 0 Å². The van der Waals surface area contributed by atoms with E-state index in [1.807, 2.05) is 12.1 Å². The van der Waals surface area contributed by atoms with Gasteiger partial charge in [0.2, 0.25) is 0 Å². The molecule has 0 radical (unpaired) electrons. The summed E-state index contributed by atoms with van der Waals surface area (Å²) in [7, 11) is 0. The molecule has 1 saturated carbocycles. The van der Waals surface area contributed by atoms with Gasteiger partial charge >= 0.3 is 0 Å². The molecule has 1 aromatic heterocycles. The molecule has 2 heterocycles. The van der Waals surface area contributed by atoms with E-state index in [2.05, 4.69) is 39.2 Å². The minimum Gasteiger partial charge on any atom is -0.392 e. The number of aliphatic hydroxyl groups excluding tert-OH is 2. The van der Waals surface area contributed by atoms with E-state index < -0.39 is 0 Å². The van der Waals surface area contributed by atoms with Gasteiger partial charge in [0.15, 0.2) is 0 Å². The van der Waals surface area contributed by atoms with Gasteiger partial charge in [-0.1, -0.05) is 31.0 Å². The van der Waals surface area contributed by atoms with Crippen LogP contribution in [-0.4, -0.2) is 63.6 Å². The van der Waals surface area contributed by atoms with Crippen LogP contribution in [-0.2, 0) is 6.54 Å². The first-order chi connectivity index (χ1) is 13.2.